The number of carbonyl (C=O) groups is 2. The maximum atomic E-state index is 13.5. The Morgan fingerprint density at radius 2 is 1.61 bits per heavy atom. The number of nitrogens with zero attached hydrogens (tertiary/aromatic N) is 1. The zero-order valence-corrected chi connectivity index (χ0v) is 18.5. The average molecular weight is 434 g/mol. The van der Waals surface area contributed by atoms with Crippen molar-refractivity contribution in [3.63, 3.8) is 0 Å². The smallest absolute Gasteiger partial charge is 0.264 e. The largest absolute Gasteiger partial charge is 0.375 e. The number of halogens is 1. The van der Waals surface area contributed by atoms with Crippen molar-refractivity contribution in [3.05, 3.63) is 99.1 Å². The molecule has 0 aliphatic carbocycles. The molecule has 1 amide bonds. The highest BCUT2D eigenvalue weighted by Crippen LogP contribution is 2.44. The van der Waals surface area contributed by atoms with Crippen LogP contribution in [0.15, 0.2) is 60.7 Å². The lowest BCUT2D eigenvalue weighted by atomic mass is 9.86. The van der Waals surface area contributed by atoms with Gasteiger partial charge in [-0.3, -0.25) is 9.59 Å². The molecule has 1 N–H and O–H groups in total. The van der Waals surface area contributed by atoms with Crippen LogP contribution >= 0.6 is 11.6 Å². The number of benzene rings is 3. The van der Waals surface area contributed by atoms with E-state index in [-0.39, 0.29) is 18.7 Å². The second-order valence-corrected chi connectivity index (χ2v) is 8.62. The van der Waals surface area contributed by atoms with Crippen LogP contribution in [0.2, 0.25) is 5.02 Å². The molecule has 0 saturated carbocycles. The molecule has 0 fully saturated rings. The number of para-hydroxylation sites is 1. The van der Waals surface area contributed by atoms with Crippen LogP contribution in [0, 0.1) is 20.8 Å². The fraction of sp³-hybridized carbons (Fsp3) is 0.231. The van der Waals surface area contributed by atoms with Gasteiger partial charge in [-0.2, -0.15) is 0 Å². The van der Waals surface area contributed by atoms with E-state index in [9.17, 15) is 14.7 Å². The predicted molar refractivity (Wildman–Crippen MR) is 123 cm³/mol. The number of aryl methyl sites for hydroxylation is 3. The van der Waals surface area contributed by atoms with Crippen molar-refractivity contribution in [2.75, 3.05) is 4.90 Å². The fourth-order valence-electron chi connectivity index (χ4n) is 4.22. The van der Waals surface area contributed by atoms with E-state index in [1.54, 1.807) is 24.3 Å². The van der Waals surface area contributed by atoms with Crippen molar-refractivity contribution in [2.45, 2.75) is 39.3 Å². The van der Waals surface area contributed by atoms with Gasteiger partial charge in [-0.25, -0.2) is 0 Å². The van der Waals surface area contributed by atoms with Gasteiger partial charge in [0.25, 0.3) is 5.91 Å². The summed E-state index contributed by atoms with van der Waals surface area (Å²) in [5.74, 6) is -0.769. The molecule has 1 heterocycles. The van der Waals surface area contributed by atoms with Crippen molar-refractivity contribution >= 4 is 29.0 Å². The molecule has 31 heavy (non-hydrogen) atoms. The van der Waals surface area contributed by atoms with Gasteiger partial charge >= 0.3 is 0 Å². The Morgan fingerprint density at radius 1 is 0.968 bits per heavy atom. The molecule has 1 aliphatic rings. The van der Waals surface area contributed by atoms with Gasteiger partial charge in [0.05, 0.1) is 18.7 Å². The van der Waals surface area contributed by atoms with Gasteiger partial charge in [-0.15, -0.1) is 0 Å². The van der Waals surface area contributed by atoms with Crippen LogP contribution in [0.3, 0.4) is 0 Å². The van der Waals surface area contributed by atoms with E-state index in [1.165, 1.54) is 4.90 Å². The molecule has 158 valence electrons. The Morgan fingerprint density at radius 3 is 2.35 bits per heavy atom. The number of rotatable bonds is 5. The van der Waals surface area contributed by atoms with Crippen molar-refractivity contribution < 1.29 is 14.7 Å². The molecule has 1 unspecified atom stereocenters. The lowest BCUT2D eigenvalue weighted by Crippen LogP contribution is -2.41. The Bertz CT molecular complexity index is 1200. The van der Waals surface area contributed by atoms with Crippen molar-refractivity contribution in [1.29, 1.82) is 0 Å². The summed E-state index contributed by atoms with van der Waals surface area (Å²) >= 11 is 6.30. The maximum absolute atomic E-state index is 13.5. The van der Waals surface area contributed by atoms with Crippen molar-refractivity contribution in [1.82, 2.24) is 0 Å². The molecule has 1 atom stereocenters. The third kappa shape index (κ3) is 3.67. The molecule has 5 heteroatoms. The van der Waals surface area contributed by atoms with E-state index >= 15 is 0 Å². The van der Waals surface area contributed by atoms with E-state index in [2.05, 4.69) is 0 Å². The average Bonchev–Trinajstić information content (AvgIpc) is 2.94. The maximum Gasteiger partial charge on any atom is 0.264 e. The first kappa shape index (κ1) is 21.3. The molecule has 0 spiro atoms. The summed E-state index contributed by atoms with van der Waals surface area (Å²) in [6.45, 7) is 6.03. The van der Waals surface area contributed by atoms with Gasteiger partial charge in [-0.1, -0.05) is 54.1 Å². The Kier molecular flexibility index (Phi) is 5.46. The summed E-state index contributed by atoms with van der Waals surface area (Å²) in [5.41, 5.74) is 3.37. The zero-order valence-electron chi connectivity index (χ0n) is 17.8. The highest BCUT2D eigenvalue weighted by atomic mass is 35.5. The van der Waals surface area contributed by atoms with Crippen molar-refractivity contribution in [3.8, 4) is 0 Å². The van der Waals surface area contributed by atoms with Gasteiger partial charge in [-0.05, 0) is 61.2 Å². The summed E-state index contributed by atoms with van der Waals surface area (Å²) in [5, 5.41) is 12.1. The topological polar surface area (TPSA) is 57.6 Å². The monoisotopic (exact) mass is 433 g/mol. The number of hydrogen-bond acceptors (Lipinski definition) is 3. The summed E-state index contributed by atoms with van der Waals surface area (Å²) in [4.78, 5) is 28.2. The summed E-state index contributed by atoms with van der Waals surface area (Å²) in [7, 11) is 0. The third-order valence-electron chi connectivity index (χ3n) is 6.08. The molecule has 0 bridgehead atoms. The van der Waals surface area contributed by atoms with E-state index in [0.717, 1.165) is 22.3 Å². The number of hydrogen-bond donors (Lipinski definition) is 1. The number of aliphatic hydroxyl groups is 1. The van der Waals surface area contributed by atoms with Gasteiger partial charge in [0.1, 0.15) is 0 Å². The number of Topliss-reactive ketones (excluding diaryl/α,β-unsaturated/α-hetero) is 1. The van der Waals surface area contributed by atoms with Crippen LogP contribution in [-0.2, 0) is 16.9 Å². The summed E-state index contributed by atoms with van der Waals surface area (Å²) in [6, 6.07) is 18.2. The number of anilines is 1. The molecule has 1 aliphatic heterocycles. The lowest BCUT2D eigenvalue weighted by Gasteiger charge is -2.23. The molecule has 0 radical (unpaired) electrons. The quantitative estimate of drug-likeness (QED) is 0.557. The normalized spacial score (nSPS) is 17.7. The SMILES string of the molecule is Cc1cc(C)c(C(=O)CC2(O)C(=O)N(Cc3ccccc3Cl)c3ccccc32)cc1C. The Hall–Kier alpha value is -2.95. The molecule has 3 aromatic rings. The minimum Gasteiger partial charge on any atom is -0.375 e. The molecule has 3 aromatic carbocycles. The minimum atomic E-state index is -1.92. The first-order valence-corrected chi connectivity index (χ1v) is 10.6. The second-order valence-electron chi connectivity index (χ2n) is 8.21. The van der Waals surface area contributed by atoms with E-state index < -0.39 is 11.5 Å². The van der Waals surface area contributed by atoms with Gasteiger partial charge < -0.3 is 10.0 Å². The molecular formula is C26H24ClNO3. The number of ketones is 1. The van der Waals surface area contributed by atoms with E-state index in [4.69, 9.17) is 11.6 Å². The molecule has 4 nitrogen and oxygen atoms in total. The lowest BCUT2D eigenvalue weighted by molar-refractivity contribution is -0.136. The van der Waals surface area contributed by atoms with Crippen molar-refractivity contribution in [2.24, 2.45) is 0 Å². The summed E-state index contributed by atoms with van der Waals surface area (Å²) in [6.07, 6.45) is -0.314. The number of carbonyl (C=O) groups excluding carboxylic acids is 2. The summed E-state index contributed by atoms with van der Waals surface area (Å²) < 4.78 is 0. The number of amides is 1. The fourth-order valence-corrected chi connectivity index (χ4v) is 4.42. The first-order chi connectivity index (χ1) is 14.7. The van der Waals surface area contributed by atoms with Crippen LogP contribution in [0.4, 0.5) is 5.69 Å². The minimum absolute atomic E-state index is 0.217. The molecular weight excluding hydrogens is 410 g/mol. The molecule has 4 rings (SSSR count). The molecule has 0 aromatic heterocycles. The first-order valence-electron chi connectivity index (χ1n) is 10.2. The standard InChI is InChI=1S/C26H24ClNO3/c1-16-12-18(3)20(13-17(16)2)24(29)14-26(31)21-9-5-7-11-23(21)28(25(26)30)15-19-8-4-6-10-22(19)27/h4-13,31H,14-15H2,1-3H3. The predicted octanol–water partition coefficient (Wildman–Crippen LogP) is 5.27. The van der Waals surface area contributed by atoms with Gasteiger partial charge in [0, 0.05) is 16.1 Å². The van der Waals surface area contributed by atoms with Crippen LogP contribution in [-0.4, -0.2) is 16.8 Å². The Balaban J connectivity index is 1.71. The van der Waals surface area contributed by atoms with Crippen LogP contribution in [0.1, 0.15) is 44.6 Å². The second kappa shape index (κ2) is 7.95. The highest BCUT2D eigenvalue weighted by Gasteiger charge is 2.50. The molecule has 0 saturated heterocycles. The van der Waals surface area contributed by atoms with Gasteiger partial charge in [0.2, 0.25) is 0 Å². The van der Waals surface area contributed by atoms with E-state index in [1.807, 2.05) is 57.2 Å². The van der Waals surface area contributed by atoms with Crippen LogP contribution in [0.5, 0.6) is 0 Å². The van der Waals surface area contributed by atoms with Gasteiger partial charge in [0.15, 0.2) is 11.4 Å². The Labute approximate surface area is 187 Å². The van der Waals surface area contributed by atoms with E-state index in [0.29, 0.717) is 21.8 Å². The van der Waals surface area contributed by atoms with Crippen LogP contribution in [0.25, 0.3) is 0 Å². The van der Waals surface area contributed by atoms with Crippen LogP contribution < -0.4 is 4.90 Å². The third-order valence-corrected chi connectivity index (χ3v) is 6.45. The highest BCUT2D eigenvalue weighted by molar-refractivity contribution is 6.31. The number of fused-ring (bicyclic) bond motifs is 1. The zero-order chi connectivity index (χ0) is 22.3.